The number of ketones is 1. The second kappa shape index (κ2) is 7.31. The third-order valence-corrected chi connectivity index (χ3v) is 5.94. The number of nitrogens with zero attached hydrogens (tertiary/aromatic N) is 1. The van der Waals surface area contributed by atoms with Gasteiger partial charge in [0, 0.05) is 6.42 Å². The summed E-state index contributed by atoms with van der Waals surface area (Å²) in [6.45, 7) is 0.647. The molecule has 132 valence electrons. The number of thiazole rings is 1. The molecule has 1 aromatic carbocycles. The lowest BCUT2D eigenvalue weighted by molar-refractivity contribution is -0.125. The van der Waals surface area contributed by atoms with Crippen molar-refractivity contribution in [2.45, 2.75) is 31.2 Å². The van der Waals surface area contributed by atoms with Crippen LogP contribution in [0.4, 0.5) is 4.39 Å². The predicted octanol–water partition coefficient (Wildman–Crippen LogP) is 3.28. The van der Waals surface area contributed by atoms with Gasteiger partial charge in [0.05, 0.1) is 4.88 Å². The van der Waals surface area contributed by atoms with Crippen molar-refractivity contribution in [1.29, 1.82) is 0 Å². The molecule has 2 heterocycles. The van der Waals surface area contributed by atoms with E-state index in [-0.39, 0.29) is 23.7 Å². The number of nitrogens with two attached hydrogens (primary N) is 1. The van der Waals surface area contributed by atoms with E-state index in [1.54, 1.807) is 12.1 Å². The molecule has 1 aromatic heterocycles. The first kappa shape index (κ1) is 18.2. The smallest absolute Gasteiger partial charge is 0.238 e. The van der Waals surface area contributed by atoms with Gasteiger partial charge < -0.3 is 11.1 Å². The summed E-state index contributed by atoms with van der Waals surface area (Å²) in [5.74, 6) is -1.19. The molecule has 3 rings (SSSR count). The fourth-order valence-electron chi connectivity index (χ4n) is 3.08. The number of rotatable bonds is 5. The van der Waals surface area contributed by atoms with Gasteiger partial charge in [0.1, 0.15) is 17.1 Å². The van der Waals surface area contributed by atoms with E-state index in [2.05, 4.69) is 26.2 Å². The van der Waals surface area contributed by atoms with Gasteiger partial charge in [0.2, 0.25) is 5.91 Å². The third-order valence-electron chi connectivity index (χ3n) is 4.38. The SMILES string of the molecule is NC(=O)C1(CC(=O)c2nc(Br)sc2-c2cccc(F)c2)CCCCN1. The lowest BCUT2D eigenvalue weighted by Crippen LogP contribution is -2.58. The molecule has 1 aliphatic rings. The van der Waals surface area contributed by atoms with Gasteiger partial charge in [0.25, 0.3) is 0 Å². The molecule has 3 N–H and O–H groups in total. The Morgan fingerprint density at radius 3 is 2.84 bits per heavy atom. The highest BCUT2D eigenvalue weighted by Crippen LogP contribution is 2.35. The second-order valence-electron chi connectivity index (χ2n) is 6.09. The molecule has 1 saturated heterocycles. The molecular weight excluding hydrogens is 409 g/mol. The van der Waals surface area contributed by atoms with Crippen LogP contribution >= 0.6 is 27.3 Å². The number of hydrogen-bond donors (Lipinski definition) is 2. The standard InChI is InChI=1S/C17H17BrFN3O2S/c18-16-22-13(14(25-16)10-4-3-5-11(19)8-10)12(23)9-17(15(20)24)6-1-2-7-21-17/h3-5,8,21H,1-2,6-7,9H2,(H2,20,24). The average molecular weight is 426 g/mol. The Kier molecular flexibility index (Phi) is 5.31. The van der Waals surface area contributed by atoms with Crippen LogP contribution in [0.5, 0.6) is 0 Å². The Balaban J connectivity index is 1.94. The molecule has 25 heavy (non-hydrogen) atoms. The average Bonchev–Trinajstić information content (AvgIpc) is 2.98. The minimum atomic E-state index is -1.04. The van der Waals surface area contributed by atoms with Crippen LogP contribution in [-0.4, -0.2) is 28.8 Å². The van der Waals surface area contributed by atoms with Crippen molar-refractivity contribution in [2.24, 2.45) is 5.73 Å². The maximum absolute atomic E-state index is 13.5. The lowest BCUT2D eigenvalue weighted by atomic mass is 9.83. The van der Waals surface area contributed by atoms with E-state index in [9.17, 15) is 14.0 Å². The molecule has 1 atom stereocenters. The zero-order valence-corrected chi connectivity index (χ0v) is 15.8. The van der Waals surface area contributed by atoms with Crippen LogP contribution in [0.3, 0.4) is 0 Å². The first-order valence-electron chi connectivity index (χ1n) is 7.92. The van der Waals surface area contributed by atoms with Gasteiger partial charge in [-0.25, -0.2) is 9.37 Å². The van der Waals surface area contributed by atoms with Crippen molar-refractivity contribution in [2.75, 3.05) is 6.54 Å². The van der Waals surface area contributed by atoms with Gasteiger partial charge in [0.15, 0.2) is 9.70 Å². The summed E-state index contributed by atoms with van der Waals surface area (Å²) in [4.78, 5) is 29.7. The number of primary amides is 1. The number of piperidine rings is 1. The molecule has 0 saturated carbocycles. The second-order valence-corrected chi connectivity index (χ2v) is 8.36. The molecule has 1 aliphatic heterocycles. The number of aromatic nitrogens is 1. The molecule has 1 amide bonds. The maximum atomic E-state index is 13.5. The van der Waals surface area contributed by atoms with E-state index in [0.717, 1.165) is 12.8 Å². The fourth-order valence-corrected chi connectivity index (χ4v) is 4.55. The van der Waals surface area contributed by atoms with Crippen molar-refractivity contribution >= 4 is 39.0 Å². The van der Waals surface area contributed by atoms with Gasteiger partial charge in [-0.05, 0) is 59.4 Å². The summed E-state index contributed by atoms with van der Waals surface area (Å²) >= 11 is 4.54. The van der Waals surface area contributed by atoms with Gasteiger partial charge in [-0.15, -0.1) is 11.3 Å². The molecular formula is C17H17BrFN3O2S. The highest BCUT2D eigenvalue weighted by molar-refractivity contribution is 9.11. The number of nitrogens with one attached hydrogen (secondary N) is 1. The number of Topliss-reactive ketones (excluding diaryl/α,β-unsaturated/α-hetero) is 1. The minimum absolute atomic E-state index is 0.0547. The molecule has 0 radical (unpaired) electrons. The summed E-state index contributed by atoms with van der Waals surface area (Å²) in [5, 5.41) is 3.12. The van der Waals surface area contributed by atoms with Crippen LogP contribution < -0.4 is 11.1 Å². The third kappa shape index (κ3) is 3.80. The molecule has 0 spiro atoms. The summed E-state index contributed by atoms with van der Waals surface area (Å²) in [7, 11) is 0. The molecule has 1 unspecified atom stereocenters. The number of carbonyl (C=O) groups excluding carboxylic acids is 2. The Hall–Kier alpha value is -1.64. The highest BCUT2D eigenvalue weighted by Gasteiger charge is 2.40. The van der Waals surface area contributed by atoms with Crippen LogP contribution in [-0.2, 0) is 4.79 Å². The molecule has 8 heteroatoms. The van der Waals surface area contributed by atoms with E-state index < -0.39 is 11.4 Å². The molecule has 2 aromatic rings. The molecule has 0 bridgehead atoms. The number of amides is 1. The zero-order valence-electron chi connectivity index (χ0n) is 13.4. The molecule has 5 nitrogen and oxygen atoms in total. The van der Waals surface area contributed by atoms with E-state index in [1.807, 2.05) is 0 Å². The van der Waals surface area contributed by atoms with Crippen molar-refractivity contribution in [3.63, 3.8) is 0 Å². The van der Waals surface area contributed by atoms with Crippen molar-refractivity contribution in [3.8, 4) is 10.4 Å². The topological polar surface area (TPSA) is 85.1 Å². The summed E-state index contributed by atoms with van der Waals surface area (Å²) in [6.07, 6.45) is 2.25. The Morgan fingerprint density at radius 1 is 1.40 bits per heavy atom. The molecule has 1 fully saturated rings. The van der Waals surface area contributed by atoms with Crippen LogP contribution in [0.2, 0.25) is 0 Å². The van der Waals surface area contributed by atoms with E-state index in [0.29, 0.717) is 27.3 Å². The number of carbonyl (C=O) groups is 2. The van der Waals surface area contributed by atoms with Crippen LogP contribution in [0, 0.1) is 5.82 Å². The first-order chi connectivity index (χ1) is 11.9. The van der Waals surface area contributed by atoms with Gasteiger partial charge in [-0.1, -0.05) is 12.1 Å². The van der Waals surface area contributed by atoms with Gasteiger partial charge >= 0.3 is 0 Å². The monoisotopic (exact) mass is 425 g/mol. The van der Waals surface area contributed by atoms with Crippen molar-refractivity contribution in [3.05, 3.63) is 39.7 Å². The maximum Gasteiger partial charge on any atom is 0.238 e. The Bertz CT molecular complexity index is 818. The largest absolute Gasteiger partial charge is 0.368 e. The first-order valence-corrected chi connectivity index (χ1v) is 9.53. The van der Waals surface area contributed by atoms with E-state index >= 15 is 0 Å². The minimum Gasteiger partial charge on any atom is -0.368 e. The Morgan fingerprint density at radius 2 is 2.20 bits per heavy atom. The van der Waals surface area contributed by atoms with Gasteiger partial charge in [-0.2, -0.15) is 0 Å². The summed E-state index contributed by atoms with van der Waals surface area (Å²) < 4.78 is 14.1. The van der Waals surface area contributed by atoms with Crippen LogP contribution in [0.15, 0.2) is 28.2 Å². The van der Waals surface area contributed by atoms with Crippen LogP contribution in [0.1, 0.15) is 36.2 Å². The number of hydrogen-bond acceptors (Lipinski definition) is 5. The summed E-state index contributed by atoms with van der Waals surface area (Å²) in [5.41, 5.74) is 5.35. The zero-order chi connectivity index (χ0) is 18.0. The van der Waals surface area contributed by atoms with Crippen molar-refractivity contribution in [1.82, 2.24) is 10.3 Å². The fraction of sp³-hybridized carbons (Fsp3) is 0.353. The normalized spacial score (nSPS) is 20.4. The number of halogens is 2. The predicted molar refractivity (Wildman–Crippen MR) is 97.9 cm³/mol. The highest BCUT2D eigenvalue weighted by atomic mass is 79.9. The van der Waals surface area contributed by atoms with E-state index in [4.69, 9.17) is 5.73 Å². The van der Waals surface area contributed by atoms with Crippen molar-refractivity contribution < 1.29 is 14.0 Å². The van der Waals surface area contributed by atoms with Gasteiger partial charge in [-0.3, -0.25) is 9.59 Å². The van der Waals surface area contributed by atoms with Crippen LogP contribution in [0.25, 0.3) is 10.4 Å². The lowest BCUT2D eigenvalue weighted by Gasteiger charge is -2.34. The quantitative estimate of drug-likeness (QED) is 0.719. The Labute approximate surface area is 157 Å². The van der Waals surface area contributed by atoms with E-state index in [1.165, 1.54) is 23.5 Å². The number of benzene rings is 1. The molecule has 0 aliphatic carbocycles. The summed E-state index contributed by atoms with van der Waals surface area (Å²) in [6, 6.07) is 6.01.